The minimum absolute atomic E-state index is 0.270. The summed E-state index contributed by atoms with van der Waals surface area (Å²) in [5.41, 5.74) is 0.121. The van der Waals surface area contributed by atoms with E-state index in [1.54, 1.807) is 9.80 Å². The lowest BCUT2D eigenvalue weighted by Gasteiger charge is -2.10. The standard InChI is InChI=1S/C16H14N4O6S/c21-19(22)15-9-11(1-3-13(15)17-5-6-17)27(25,26)12-2-4-14(18-7-8-18)16(10-12)20(23)24/h1-4,9-10H,5-8H2. The minimum Gasteiger partial charge on any atom is -0.362 e. The minimum atomic E-state index is -4.14. The van der Waals surface area contributed by atoms with Gasteiger partial charge < -0.3 is 9.80 Å². The van der Waals surface area contributed by atoms with E-state index in [0.717, 1.165) is 12.1 Å². The Morgan fingerprint density at radius 1 is 0.741 bits per heavy atom. The van der Waals surface area contributed by atoms with Crippen molar-refractivity contribution in [3.63, 3.8) is 0 Å². The molecule has 27 heavy (non-hydrogen) atoms. The Kier molecular flexibility index (Phi) is 3.77. The summed E-state index contributed by atoms with van der Waals surface area (Å²) >= 11 is 0. The molecule has 0 bridgehead atoms. The van der Waals surface area contributed by atoms with Gasteiger partial charge in [0.25, 0.3) is 11.4 Å². The normalized spacial score (nSPS) is 15.6. The molecule has 0 aromatic heterocycles. The van der Waals surface area contributed by atoms with E-state index in [0.29, 0.717) is 37.6 Å². The molecule has 0 amide bonds. The maximum Gasteiger partial charge on any atom is 0.293 e. The molecule has 2 saturated heterocycles. The second-order valence-corrected chi connectivity index (χ2v) is 8.24. The number of hydrogen-bond acceptors (Lipinski definition) is 8. The Hall–Kier alpha value is -3.21. The highest BCUT2D eigenvalue weighted by atomic mass is 32.2. The van der Waals surface area contributed by atoms with Crippen LogP contribution >= 0.6 is 0 Å². The summed E-state index contributed by atoms with van der Waals surface area (Å²) in [6, 6.07) is 7.40. The molecule has 2 aromatic rings. The zero-order chi connectivity index (χ0) is 19.3. The first-order valence-electron chi connectivity index (χ1n) is 8.11. The van der Waals surface area contributed by atoms with Crippen molar-refractivity contribution in [3.8, 4) is 0 Å². The molecule has 0 saturated carbocycles. The molecular weight excluding hydrogens is 376 g/mol. The average molecular weight is 390 g/mol. The quantitative estimate of drug-likeness (QED) is 0.416. The molecular formula is C16H14N4O6S. The summed E-state index contributed by atoms with van der Waals surface area (Å²) in [6.07, 6.45) is 0. The first kappa shape index (κ1) is 17.2. The van der Waals surface area contributed by atoms with E-state index in [2.05, 4.69) is 0 Å². The van der Waals surface area contributed by atoms with Crippen LogP contribution < -0.4 is 9.80 Å². The Morgan fingerprint density at radius 2 is 1.11 bits per heavy atom. The smallest absolute Gasteiger partial charge is 0.293 e. The Morgan fingerprint density at radius 3 is 1.41 bits per heavy atom. The topological polar surface area (TPSA) is 126 Å². The molecule has 2 aromatic carbocycles. The third-order valence-corrected chi connectivity index (χ3v) is 6.23. The van der Waals surface area contributed by atoms with Crippen LogP contribution in [0.2, 0.25) is 0 Å². The van der Waals surface area contributed by atoms with E-state index in [1.165, 1.54) is 24.3 Å². The lowest BCUT2D eigenvalue weighted by Crippen LogP contribution is -2.06. The highest BCUT2D eigenvalue weighted by molar-refractivity contribution is 7.91. The molecule has 0 N–H and O–H groups in total. The molecule has 2 aliphatic rings. The third-order valence-electron chi connectivity index (χ3n) is 4.48. The van der Waals surface area contributed by atoms with Crippen LogP contribution in [0.1, 0.15) is 0 Å². The molecule has 2 aliphatic heterocycles. The van der Waals surface area contributed by atoms with Crippen LogP contribution in [0.3, 0.4) is 0 Å². The first-order valence-corrected chi connectivity index (χ1v) is 9.59. The SMILES string of the molecule is O=[N+]([O-])c1cc(S(=O)(=O)c2ccc(N3CC3)c([N+](=O)[O-])c2)ccc1N1CC1. The van der Waals surface area contributed by atoms with E-state index in [9.17, 15) is 28.6 Å². The monoisotopic (exact) mass is 390 g/mol. The van der Waals surface area contributed by atoms with Crippen molar-refractivity contribution in [2.45, 2.75) is 9.79 Å². The van der Waals surface area contributed by atoms with Crippen LogP contribution in [-0.4, -0.2) is 44.4 Å². The van der Waals surface area contributed by atoms with Crippen LogP contribution in [0.5, 0.6) is 0 Å². The van der Waals surface area contributed by atoms with E-state index < -0.39 is 19.7 Å². The van der Waals surface area contributed by atoms with Crippen molar-refractivity contribution in [2.75, 3.05) is 36.0 Å². The van der Waals surface area contributed by atoms with Gasteiger partial charge >= 0.3 is 0 Å². The van der Waals surface area contributed by atoms with Gasteiger partial charge in [0.1, 0.15) is 11.4 Å². The van der Waals surface area contributed by atoms with Gasteiger partial charge in [-0.1, -0.05) is 0 Å². The van der Waals surface area contributed by atoms with Crippen LogP contribution in [-0.2, 0) is 9.84 Å². The van der Waals surface area contributed by atoms with Crippen LogP contribution in [0.4, 0.5) is 22.7 Å². The maximum atomic E-state index is 12.9. The summed E-state index contributed by atoms with van der Waals surface area (Å²) in [5, 5.41) is 22.7. The Labute approximate surface area is 153 Å². The molecule has 11 heteroatoms. The lowest BCUT2D eigenvalue weighted by atomic mass is 10.2. The van der Waals surface area contributed by atoms with Gasteiger partial charge in [-0.25, -0.2) is 8.42 Å². The Bertz CT molecular complexity index is 997. The summed E-state index contributed by atoms with van der Waals surface area (Å²) < 4.78 is 25.8. The molecule has 2 heterocycles. The molecule has 0 atom stereocenters. The largest absolute Gasteiger partial charge is 0.362 e. The first-order chi connectivity index (χ1) is 12.8. The summed E-state index contributed by atoms with van der Waals surface area (Å²) in [5.74, 6) is 0. The Balaban J connectivity index is 1.79. The van der Waals surface area contributed by atoms with Gasteiger partial charge in [-0.3, -0.25) is 20.2 Å². The van der Waals surface area contributed by atoms with Gasteiger partial charge in [-0.2, -0.15) is 0 Å². The van der Waals surface area contributed by atoms with Crippen molar-refractivity contribution in [3.05, 3.63) is 56.6 Å². The lowest BCUT2D eigenvalue weighted by molar-refractivity contribution is -0.384. The second-order valence-electron chi connectivity index (χ2n) is 6.29. The molecule has 2 fully saturated rings. The van der Waals surface area contributed by atoms with E-state index >= 15 is 0 Å². The van der Waals surface area contributed by atoms with E-state index in [4.69, 9.17) is 0 Å². The highest BCUT2D eigenvalue weighted by Gasteiger charge is 2.32. The van der Waals surface area contributed by atoms with E-state index in [-0.39, 0.29) is 21.2 Å². The zero-order valence-electron chi connectivity index (χ0n) is 13.9. The number of nitrogens with zero attached hydrogens (tertiary/aromatic N) is 4. The molecule has 4 rings (SSSR count). The number of rotatable bonds is 6. The summed E-state index contributed by atoms with van der Waals surface area (Å²) in [6.45, 7) is 2.71. The van der Waals surface area contributed by atoms with Crippen LogP contribution in [0, 0.1) is 20.2 Å². The van der Waals surface area contributed by atoms with Crippen LogP contribution in [0.25, 0.3) is 0 Å². The van der Waals surface area contributed by atoms with Crippen molar-refractivity contribution >= 4 is 32.6 Å². The highest BCUT2D eigenvalue weighted by Crippen LogP contribution is 2.38. The molecule has 0 aliphatic carbocycles. The number of anilines is 2. The van der Waals surface area contributed by atoms with Crippen LogP contribution in [0.15, 0.2) is 46.2 Å². The molecule has 140 valence electrons. The predicted octanol–water partition coefficient (Wildman–Crippen LogP) is 1.98. The third kappa shape index (κ3) is 3.05. The fourth-order valence-corrected chi connectivity index (χ4v) is 4.19. The predicted molar refractivity (Wildman–Crippen MR) is 96.1 cm³/mol. The van der Waals surface area contributed by atoms with Crippen molar-refractivity contribution in [1.29, 1.82) is 0 Å². The van der Waals surface area contributed by atoms with Gasteiger partial charge in [0, 0.05) is 38.3 Å². The molecule has 0 radical (unpaired) electrons. The molecule has 0 unspecified atom stereocenters. The van der Waals surface area contributed by atoms with Gasteiger partial charge in [0.05, 0.1) is 19.6 Å². The van der Waals surface area contributed by atoms with Gasteiger partial charge in [0.15, 0.2) is 0 Å². The van der Waals surface area contributed by atoms with Gasteiger partial charge in [-0.05, 0) is 24.3 Å². The summed E-state index contributed by atoms with van der Waals surface area (Å²) in [4.78, 5) is 24.4. The summed E-state index contributed by atoms with van der Waals surface area (Å²) in [7, 11) is -4.14. The number of nitro groups is 2. The van der Waals surface area contributed by atoms with Gasteiger partial charge in [0.2, 0.25) is 9.84 Å². The fraction of sp³-hybridized carbons (Fsp3) is 0.250. The van der Waals surface area contributed by atoms with E-state index in [1.807, 2.05) is 0 Å². The number of nitro benzene ring substituents is 2. The van der Waals surface area contributed by atoms with Crippen molar-refractivity contribution < 1.29 is 18.3 Å². The number of sulfone groups is 1. The average Bonchev–Trinajstić information content (AvgIpc) is 3.53. The number of benzene rings is 2. The zero-order valence-corrected chi connectivity index (χ0v) is 14.8. The fourth-order valence-electron chi connectivity index (χ4n) is 2.89. The second kappa shape index (κ2) is 5.91. The maximum absolute atomic E-state index is 12.9. The van der Waals surface area contributed by atoms with Crippen molar-refractivity contribution in [2.24, 2.45) is 0 Å². The molecule has 10 nitrogen and oxygen atoms in total. The van der Waals surface area contributed by atoms with Gasteiger partial charge in [-0.15, -0.1) is 0 Å². The number of hydrogen-bond donors (Lipinski definition) is 0. The van der Waals surface area contributed by atoms with Crippen molar-refractivity contribution in [1.82, 2.24) is 0 Å². The molecule has 0 spiro atoms.